The smallest absolute Gasteiger partial charge is 0.118 e. The van der Waals surface area contributed by atoms with Gasteiger partial charge in [0, 0.05) is 0 Å². The van der Waals surface area contributed by atoms with E-state index in [1.165, 1.54) is 5.56 Å². The van der Waals surface area contributed by atoms with Crippen LogP contribution in [0.5, 0.6) is 5.75 Å². The summed E-state index contributed by atoms with van der Waals surface area (Å²) in [6.45, 7) is 12.5. The molecule has 0 N–H and O–H groups in total. The molecule has 0 saturated carbocycles. The molecule has 0 aromatic heterocycles. The van der Waals surface area contributed by atoms with Crippen LogP contribution in [0.3, 0.4) is 0 Å². The van der Waals surface area contributed by atoms with Gasteiger partial charge in [-0.15, -0.1) is 0 Å². The maximum Gasteiger partial charge on any atom is 0.118 e. The van der Waals surface area contributed by atoms with Gasteiger partial charge < -0.3 is 4.74 Å². The molecule has 1 nitrogen and oxygen atoms in total. The van der Waals surface area contributed by atoms with E-state index < -0.39 is 0 Å². The van der Waals surface area contributed by atoms with Crippen molar-refractivity contribution in [3.63, 3.8) is 0 Å². The summed E-state index contributed by atoms with van der Waals surface area (Å²) in [5.74, 6) is 1.65. The zero-order valence-electron chi connectivity index (χ0n) is 12.0. The normalized spacial score (nSPS) is 8.50. The second-order valence-corrected chi connectivity index (χ2v) is 3.45. The van der Waals surface area contributed by atoms with Crippen LogP contribution in [0.1, 0.15) is 47.1 Å². The number of hydrogen-bond acceptors (Lipinski definition) is 1. The molecule has 1 heteroatoms. The molecule has 94 valence electrons. The molecule has 0 aliphatic heterocycles. The fourth-order valence-electron chi connectivity index (χ4n) is 1.23. The monoisotopic (exact) mass is 224 g/mol. The summed E-state index contributed by atoms with van der Waals surface area (Å²) in [7, 11) is 1.69. The summed E-state index contributed by atoms with van der Waals surface area (Å²) < 4.78 is 5.07. The van der Waals surface area contributed by atoms with Crippen LogP contribution >= 0.6 is 0 Å². The van der Waals surface area contributed by atoms with Crippen LogP contribution in [0.15, 0.2) is 24.3 Å². The van der Waals surface area contributed by atoms with E-state index in [1.54, 1.807) is 7.11 Å². The molecule has 0 aliphatic carbocycles. The lowest BCUT2D eigenvalue weighted by atomic mass is 10.0. The van der Waals surface area contributed by atoms with Crippen molar-refractivity contribution >= 4 is 0 Å². The van der Waals surface area contributed by atoms with Crippen molar-refractivity contribution in [2.75, 3.05) is 7.11 Å². The Kier molecular flexibility index (Phi) is 13.2. The second kappa shape index (κ2) is 12.1. The topological polar surface area (TPSA) is 9.23 Å². The van der Waals surface area contributed by atoms with Crippen molar-refractivity contribution < 1.29 is 4.74 Å². The van der Waals surface area contributed by atoms with E-state index in [1.807, 2.05) is 39.8 Å². The first-order valence-electron chi connectivity index (χ1n) is 6.35. The number of hydrogen-bond donors (Lipinski definition) is 0. The van der Waals surface area contributed by atoms with Gasteiger partial charge in [0.15, 0.2) is 0 Å². The molecule has 0 unspecified atom stereocenters. The van der Waals surface area contributed by atoms with Crippen molar-refractivity contribution in [1.29, 1.82) is 0 Å². The third kappa shape index (κ3) is 8.34. The van der Waals surface area contributed by atoms with Gasteiger partial charge in [-0.05, 0) is 30.0 Å². The Bertz CT molecular complexity index is 224. The SMILES string of the molecule is CC.CC.COc1ccc(CC(C)C)cc1. The fourth-order valence-corrected chi connectivity index (χ4v) is 1.23. The molecule has 0 fully saturated rings. The summed E-state index contributed by atoms with van der Waals surface area (Å²) in [6, 6.07) is 8.27. The Morgan fingerprint density at radius 3 is 1.69 bits per heavy atom. The summed E-state index contributed by atoms with van der Waals surface area (Å²) >= 11 is 0. The molecular weight excluding hydrogens is 196 g/mol. The first-order chi connectivity index (χ1) is 7.72. The molecule has 0 atom stereocenters. The van der Waals surface area contributed by atoms with Crippen LogP contribution < -0.4 is 4.74 Å². The minimum atomic E-state index is 0.721. The highest BCUT2D eigenvalue weighted by Gasteiger charge is 1.97. The fraction of sp³-hybridized carbons (Fsp3) is 0.600. The lowest BCUT2D eigenvalue weighted by Gasteiger charge is -2.05. The van der Waals surface area contributed by atoms with Gasteiger partial charge in [0.1, 0.15) is 5.75 Å². The van der Waals surface area contributed by atoms with Crippen molar-refractivity contribution in [3.8, 4) is 5.75 Å². The highest BCUT2D eigenvalue weighted by molar-refractivity contribution is 5.27. The predicted molar refractivity (Wildman–Crippen MR) is 74.2 cm³/mol. The van der Waals surface area contributed by atoms with Gasteiger partial charge in [0.25, 0.3) is 0 Å². The van der Waals surface area contributed by atoms with Gasteiger partial charge in [-0.1, -0.05) is 53.7 Å². The lowest BCUT2D eigenvalue weighted by molar-refractivity contribution is 0.414. The van der Waals surface area contributed by atoms with Gasteiger partial charge in [-0.25, -0.2) is 0 Å². The molecular formula is C15H28O. The summed E-state index contributed by atoms with van der Waals surface area (Å²) in [5, 5.41) is 0. The minimum Gasteiger partial charge on any atom is -0.497 e. The van der Waals surface area contributed by atoms with Crippen molar-refractivity contribution in [2.45, 2.75) is 48.0 Å². The van der Waals surface area contributed by atoms with Crippen molar-refractivity contribution in [2.24, 2.45) is 5.92 Å². The zero-order valence-corrected chi connectivity index (χ0v) is 12.0. The number of rotatable bonds is 3. The first-order valence-corrected chi connectivity index (χ1v) is 6.35. The van der Waals surface area contributed by atoms with E-state index in [2.05, 4.69) is 26.0 Å². The van der Waals surface area contributed by atoms with E-state index in [-0.39, 0.29) is 0 Å². The van der Waals surface area contributed by atoms with Gasteiger partial charge in [0.05, 0.1) is 7.11 Å². The molecule has 0 saturated heterocycles. The first kappa shape index (κ1) is 17.4. The van der Waals surface area contributed by atoms with Gasteiger partial charge >= 0.3 is 0 Å². The van der Waals surface area contributed by atoms with E-state index >= 15 is 0 Å². The number of ether oxygens (including phenoxy) is 1. The number of benzene rings is 1. The van der Waals surface area contributed by atoms with Gasteiger partial charge in [-0.2, -0.15) is 0 Å². The third-order valence-corrected chi connectivity index (χ3v) is 1.80. The van der Waals surface area contributed by atoms with Gasteiger partial charge in [0.2, 0.25) is 0 Å². The van der Waals surface area contributed by atoms with E-state index in [4.69, 9.17) is 4.74 Å². The van der Waals surface area contributed by atoms with E-state index in [0.29, 0.717) is 0 Å². The molecule has 1 aromatic rings. The Morgan fingerprint density at radius 2 is 1.38 bits per heavy atom. The quantitative estimate of drug-likeness (QED) is 0.706. The molecule has 1 aromatic carbocycles. The predicted octanol–water partition coefficient (Wildman–Crippen LogP) is 4.95. The molecule has 0 bridgehead atoms. The largest absolute Gasteiger partial charge is 0.497 e. The summed E-state index contributed by atoms with van der Waals surface area (Å²) in [6.07, 6.45) is 1.14. The maximum atomic E-state index is 5.07. The van der Waals surface area contributed by atoms with Crippen LogP contribution in [0.4, 0.5) is 0 Å². The average molecular weight is 224 g/mol. The molecule has 0 heterocycles. The van der Waals surface area contributed by atoms with Crippen molar-refractivity contribution in [1.82, 2.24) is 0 Å². The van der Waals surface area contributed by atoms with E-state index in [0.717, 1.165) is 18.1 Å². The Hall–Kier alpha value is -0.980. The standard InChI is InChI=1S/C11H16O.2C2H6/c1-9(2)8-10-4-6-11(12-3)7-5-10;2*1-2/h4-7,9H,8H2,1-3H3;2*1-2H3. The highest BCUT2D eigenvalue weighted by Crippen LogP contribution is 2.13. The molecule has 16 heavy (non-hydrogen) atoms. The maximum absolute atomic E-state index is 5.07. The Labute approximate surface area is 102 Å². The van der Waals surface area contributed by atoms with Crippen LogP contribution in [0.25, 0.3) is 0 Å². The van der Waals surface area contributed by atoms with Crippen LogP contribution in [-0.2, 0) is 6.42 Å². The average Bonchev–Trinajstić information content (AvgIpc) is 2.34. The third-order valence-electron chi connectivity index (χ3n) is 1.80. The second-order valence-electron chi connectivity index (χ2n) is 3.45. The molecule has 0 radical (unpaired) electrons. The lowest BCUT2D eigenvalue weighted by Crippen LogP contribution is -1.93. The molecule has 0 aliphatic rings. The summed E-state index contributed by atoms with van der Waals surface area (Å²) in [5.41, 5.74) is 1.38. The van der Waals surface area contributed by atoms with Crippen LogP contribution in [-0.4, -0.2) is 7.11 Å². The zero-order chi connectivity index (χ0) is 13.0. The van der Waals surface area contributed by atoms with Crippen LogP contribution in [0.2, 0.25) is 0 Å². The Balaban J connectivity index is 0. The Morgan fingerprint density at radius 1 is 0.938 bits per heavy atom. The molecule has 0 spiro atoms. The van der Waals surface area contributed by atoms with E-state index in [9.17, 15) is 0 Å². The van der Waals surface area contributed by atoms with Gasteiger partial charge in [-0.3, -0.25) is 0 Å². The van der Waals surface area contributed by atoms with Crippen LogP contribution in [0, 0.1) is 5.92 Å². The summed E-state index contributed by atoms with van der Waals surface area (Å²) in [4.78, 5) is 0. The number of methoxy groups -OCH3 is 1. The minimum absolute atomic E-state index is 0.721. The molecule has 1 rings (SSSR count). The van der Waals surface area contributed by atoms with Crippen molar-refractivity contribution in [3.05, 3.63) is 29.8 Å². The highest BCUT2D eigenvalue weighted by atomic mass is 16.5. The molecule has 0 amide bonds.